The van der Waals surface area contributed by atoms with Crippen LogP contribution in [0.15, 0.2) is 12.1 Å². The summed E-state index contributed by atoms with van der Waals surface area (Å²) in [6.45, 7) is 4.18. The zero-order valence-corrected chi connectivity index (χ0v) is 21.7. The summed E-state index contributed by atoms with van der Waals surface area (Å²) in [7, 11) is 0. The zero-order chi connectivity index (χ0) is 25.8. The third kappa shape index (κ3) is 7.86. The third-order valence-electron chi connectivity index (χ3n) is 6.88. The fourth-order valence-corrected chi connectivity index (χ4v) is 5.53. The topological polar surface area (TPSA) is 80.2 Å². The molecule has 11 heteroatoms. The van der Waals surface area contributed by atoms with Crippen LogP contribution >= 0.6 is 11.3 Å². The number of pyridine rings is 1. The van der Waals surface area contributed by atoms with E-state index in [1.165, 1.54) is 11.3 Å². The molecule has 0 saturated heterocycles. The lowest BCUT2D eigenvalue weighted by Gasteiger charge is -2.35. The molecule has 1 aliphatic carbocycles. The molecule has 0 unspecified atom stereocenters. The average molecular weight is 526 g/mol. The van der Waals surface area contributed by atoms with Crippen LogP contribution in [0, 0.1) is 6.92 Å². The number of amides is 1. The Hall–Kier alpha value is -2.27. The fourth-order valence-electron chi connectivity index (χ4n) is 4.83. The van der Waals surface area contributed by atoms with Crippen molar-refractivity contribution in [1.29, 1.82) is 0 Å². The Balaban J connectivity index is 1.19. The Bertz CT molecular complexity index is 1040. The molecule has 3 heterocycles. The van der Waals surface area contributed by atoms with Crippen LogP contribution in [-0.2, 0) is 24.1 Å². The molecule has 1 N–H and O–H groups in total. The summed E-state index contributed by atoms with van der Waals surface area (Å²) >= 11 is 1.41. The maximum absolute atomic E-state index is 15.5. The summed E-state index contributed by atoms with van der Waals surface area (Å²) in [5, 5.41) is 12.5. The summed E-state index contributed by atoms with van der Waals surface area (Å²) in [6, 6.07) is 3.54. The first kappa shape index (κ1) is 26.8. The molecular formula is C25H34F3N5O2S. The van der Waals surface area contributed by atoms with E-state index in [4.69, 9.17) is 4.74 Å². The number of halogens is 3. The van der Waals surface area contributed by atoms with E-state index < -0.39 is 18.2 Å². The Morgan fingerprint density at radius 2 is 2.00 bits per heavy atom. The van der Waals surface area contributed by atoms with Crippen molar-refractivity contribution in [3.05, 3.63) is 33.4 Å². The van der Waals surface area contributed by atoms with Crippen molar-refractivity contribution < 1.29 is 22.7 Å². The summed E-state index contributed by atoms with van der Waals surface area (Å²) in [5.41, 5.74) is 0.730. The summed E-state index contributed by atoms with van der Waals surface area (Å²) in [6.07, 6.45) is 4.28. The number of alkyl halides is 3. The number of carbonyl (C=O) groups is 1. The number of ether oxygens (including phenoxy) is 1. The normalized spacial score (nSPS) is 23.1. The lowest BCUT2D eigenvalue weighted by Crippen LogP contribution is -2.43. The first-order valence-electron chi connectivity index (χ1n) is 12.6. The Morgan fingerprint density at radius 3 is 2.69 bits per heavy atom. The van der Waals surface area contributed by atoms with Gasteiger partial charge in [0.2, 0.25) is 11.8 Å². The van der Waals surface area contributed by atoms with Gasteiger partial charge >= 0.3 is 0 Å². The number of aryl methyl sites for hydroxylation is 1. The van der Waals surface area contributed by atoms with Gasteiger partial charge in [-0.1, -0.05) is 6.07 Å². The first-order valence-corrected chi connectivity index (χ1v) is 13.4. The molecule has 1 aliphatic heterocycles. The van der Waals surface area contributed by atoms with Gasteiger partial charge in [0.1, 0.15) is 15.7 Å². The van der Waals surface area contributed by atoms with E-state index in [9.17, 15) is 13.6 Å². The number of aromatic nitrogens is 3. The Labute approximate surface area is 213 Å². The van der Waals surface area contributed by atoms with Gasteiger partial charge in [0.25, 0.3) is 5.92 Å². The second-order valence-electron chi connectivity index (χ2n) is 10.1. The largest absolute Gasteiger partial charge is 0.471 e. The van der Waals surface area contributed by atoms with Crippen molar-refractivity contribution >= 4 is 17.2 Å². The van der Waals surface area contributed by atoms with Crippen LogP contribution in [0.25, 0.3) is 0 Å². The third-order valence-corrected chi connectivity index (χ3v) is 7.72. The fraction of sp³-hybridized carbons (Fsp3) is 0.680. The van der Waals surface area contributed by atoms with Crippen LogP contribution in [0.4, 0.5) is 13.2 Å². The molecule has 1 fully saturated rings. The maximum atomic E-state index is 15.5. The van der Waals surface area contributed by atoms with Gasteiger partial charge in [-0.3, -0.25) is 4.79 Å². The van der Waals surface area contributed by atoms with Gasteiger partial charge in [-0.25, -0.2) is 18.2 Å². The molecule has 0 spiro atoms. The minimum absolute atomic E-state index is 0.00164. The SMILES string of the molecule is Cc1nnc(CC(=O)N[C@H]2CC[C@](F)(CCN3CCc4ccc(OCC(C)(F)F)nc4CC3)CC2)s1. The molecule has 0 bridgehead atoms. The highest BCUT2D eigenvalue weighted by Crippen LogP contribution is 2.35. The Kier molecular flexibility index (Phi) is 8.49. The van der Waals surface area contributed by atoms with Gasteiger partial charge in [0.15, 0.2) is 6.61 Å². The van der Waals surface area contributed by atoms with Gasteiger partial charge in [0.05, 0.1) is 6.42 Å². The minimum atomic E-state index is -2.91. The second kappa shape index (κ2) is 11.4. The van der Waals surface area contributed by atoms with Crippen molar-refractivity contribution in [2.75, 3.05) is 26.2 Å². The van der Waals surface area contributed by atoms with E-state index in [-0.39, 0.29) is 24.2 Å². The zero-order valence-electron chi connectivity index (χ0n) is 20.9. The predicted octanol–water partition coefficient (Wildman–Crippen LogP) is 4.08. The molecule has 7 nitrogen and oxygen atoms in total. The standard InChI is InChI=1S/C25H34F3N5O2S/c1-17-31-32-23(36-17)15-21(34)29-19-5-9-25(28,10-6-19)11-14-33-12-7-18-3-4-22(30-20(18)8-13-33)35-16-24(2,26)27/h3-4,19H,5-16H2,1-2H3,(H,29,34)/t19-,25+. The molecule has 2 aromatic heterocycles. The van der Waals surface area contributed by atoms with Gasteiger partial charge < -0.3 is 15.0 Å². The second-order valence-corrected chi connectivity index (χ2v) is 11.4. The highest BCUT2D eigenvalue weighted by Gasteiger charge is 2.36. The summed E-state index contributed by atoms with van der Waals surface area (Å²) in [5.74, 6) is -2.78. The van der Waals surface area contributed by atoms with Crippen LogP contribution in [0.3, 0.4) is 0 Å². The molecule has 0 aromatic carbocycles. The number of hydrogen-bond donors (Lipinski definition) is 1. The van der Waals surface area contributed by atoms with E-state index in [0.29, 0.717) is 50.1 Å². The number of nitrogens with zero attached hydrogens (tertiary/aromatic N) is 4. The highest BCUT2D eigenvalue weighted by atomic mass is 32.1. The van der Waals surface area contributed by atoms with Crippen LogP contribution in [0.1, 0.15) is 60.3 Å². The first-order chi connectivity index (χ1) is 17.1. The van der Waals surface area contributed by atoms with Crippen molar-refractivity contribution in [3.8, 4) is 5.88 Å². The number of rotatable bonds is 9. The van der Waals surface area contributed by atoms with E-state index >= 15 is 4.39 Å². The molecule has 4 rings (SSSR count). The molecule has 36 heavy (non-hydrogen) atoms. The van der Waals surface area contributed by atoms with Gasteiger partial charge in [-0.2, -0.15) is 0 Å². The average Bonchev–Trinajstić information content (AvgIpc) is 3.11. The van der Waals surface area contributed by atoms with E-state index in [0.717, 1.165) is 42.7 Å². The van der Waals surface area contributed by atoms with Crippen LogP contribution in [-0.4, -0.2) is 69.9 Å². The number of carbonyl (C=O) groups excluding carboxylic acids is 1. The number of nitrogens with one attached hydrogen (secondary N) is 1. The quantitative estimate of drug-likeness (QED) is 0.532. The molecule has 198 valence electrons. The van der Waals surface area contributed by atoms with Crippen LogP contribution in [0.5, 0.6) is 5.88 Å². The predicted molar refractivity (Wildman–Crippen MR) is 131 cm³/mol. The molecular weight excluding hydrogens is 491 g/mol. The molecule has 0 radical (unpaired) electrons. The van der Waals surface area contributed by atoms with E-state index in [1.807, 2.05) is 13.0 Å². The number of fused-ring (bicyclic) bond motifs is 1. The van der Waals surface area contributed by atoms with Crippen molar-refractivity contribution in [2.24, 2.45) is 0 Å². The summed E-state index contributed by atoms with van der Waals surface area (Å²) in [4.78, 5) is 19.0. The molecule has 2 aromatic rings. The van der Waals surface area contributed by atoms with Crippen LogP contribution < -0.4 is 10.1 Å². The minimum Gasteiger partial charge on any atom is -0.471 e. The lowest BCUT2D eigenvalue weighted by molar-refractivity contribution is -0.121. The lowest BCUT2D eigenvalue weighted by atomic mass is 9.81. The van der Waals surface area contributed by atoms with Crippen molar-refractivity contribution in [2.45, 2.75) is 82.8 Å². The van der Waals surface area contributed by atoms with Gasteiger partial charge in [0, 0.05) is 50.8 Å². The van der Waals surface area contributed by atoms with E-state index in [2.05, 4.69) is 25.4 Å². The number of hydrogen-bond acceptors (Lipinski definition) is 7. The van der Waals surface area contributed by atoms with E-state index in [1.54, 1.807) is 6.07 Å². The smallest absolute Gasteiger partial charge is 0.278 e. The summed E-state index contributed by atoms with van der Waals surface area (Å²) < 4.78 is 46.8. The molecule has 1 amide bonds. The highest BCUT2D eigenvalue weighted by molar-refractivity contribution is 7.11. The monoisotopic (exact) mass is 525 g/mol. The molecule has 1 saturated carbocycles. The molecule has 2 aliphatic rings. The van der Waals surface area contributed by atoms with Crippen molar-refractivity contribution in [1.82, 2.24) is 25.4 Å². The van der Waals surface area contributed by atoms with Gasteiger partial charge in [-0.15, -0.1) is 21.5 Å². The van der Waals surface area contributed by atoms with Crippen molar-refractivity contribution in [3.63, 3.8) is 0 Å². The molecule has 0 atom stereocenters. The maximum Gasteiger partial charge on any atom is 0.278 e. The Morgan fingerprint density at radius 1 is 1.25 bits per heavy atom. The van der Waals surface area contributed by atoms with Gasteiger partial charge in [-0.05, 0) is 51.0 Å². The van der Waals surface area contributed by atoms with Crippen LogP contribution in [0.2, 0.25) is 0 Å².